The molecule has 2 aromatic rings. The van der Waals surface area contributed by atoms with Crippen LogP contribution in [0.15, 0.2) is 39.9 Å². The maximum atomic E-state index is 12.5. The number of ether oxygens (including phenoxy) is 1. The highest BCUT2D eigenvalue weighted by Crippen LogP contribution is 2.29. The third-order valence-electron chi connectivity index (χ3n) is 4.33. The molecule has 26 heavy (non-hydrogen) atoms. The summed E-state index contributed by atoms with van der Waals surface area (Å²) in [5.74, 6) is 0.182. The van der Waals surface area contributed by atoms with Gasteiger partial charge in [0.05, 0.1) is 12.1 Å². The van der Waals surface area contributed by atoms with Crippen molar-refractivity contribution in [2.75, 3.05) is 25.5 Å². The first-order chi connectivity index (χ1) is 12.4. The zero-order valence-electron chi connectivity index (χ0n) is 14.1. The van der Waals surface area contributed by atoms with Crippen molar-refractivity contribution in [1.29, 1.82) is 0 Å². The minimum atomic E-state index is -3.45. The summed E-state index contributed by atoms with van der Waals surface area (Å²) < 4.78 is 31.9. The van der Waals surface area contributed by atoms with Gasteiger partial charge in [-0.25, -0.2) is 8.42 Å². The van der Waals surface area contributed by atoms with Crippen molar-refractivity contribution in [1.82, 2.24) is 4.31 Å². The van der Waals surface area contributed by atoms with Crippen LogP contribution in [0.2, 0.25) is 5.02 Å². The van der Waals surface area contributed by atoms with E-state index in [0.717, 1.165) is 0 Å². The van der Waals surface area contributed by atoms with Gasteiger partial charge in [0, 0.05) is 24.7 Å². The van der Waals surface area contributed by atoms with Gasteiger partial charge < -0.3 is 10.1 Å². The number of carbonyl (C=O) groups excluding carboxylic acids is 1. The van der Waals surface area contributed by atoms with Crippen molar-refractivity contribution in [3.05, 3.63) is 40.7 Å². The van der Waals surface area contributed by atoms with Gasteiger partial charge in [0.2, 0.25) is 5.91 Å². The average Bonchev–Trinajstić information content (AvgIpc) is 3.17. The van der Waals surface area contributed by atoms with Crippen LogP contribution in [0.5, 0.6) is 5.75 Å². The first-order valence-electron chi connectivity index (χ1n) is 8.10. The zero-order valence-corrected chi connectivity index (χ0v) is 16.5. The van der Waals surface area contributed by atoms with Gasteiger partial charge in [-0.2, -0.15) is 4.31 Å². The van der Waals surface area contributed by atoms with Crippen LogP contribution < -0.4 is 10.1 Å². The molecule has 0 bridgehead atoms. The largest absolute Gasteiger partial charge is 0.495 e. The number of piperidine rings is 1. The molecule has 1 aromatic heterocycles. The molecule has 1 aliphatic heterocycles. The third-order valence-corrected chi connectivity index (χ3v) is 7.90. The first kappa shape index (κ1) is 19.2. The van der Waals surface area contributed by atoms with E-state index in [4.69, 9.17) is 16.3 Å². The van der Waals surface area contributed by atoms with E-state index in [1.54, 1.807) is 35.7 Å². The highest BCUT2D eigenvalue weighted by molar-refractivity contribution is 7.91. The van der Waals surface area contributed by atoms with Crippen LogP contribution in [-0.4, -0.2) is 38.8 Å². The van der Waals surface area contributed by atoms with E-state index >= 15 is 0 Å². The number of hydrogen-bond donors (Lipinski definition) is 1. The molecule has 140 valence electrons. The molecule has 2 heterocycles. The molecule has 0 saturated carbocycles. The maximum Gasteiger partial charge on any atom is 0.252 e. The topological polar surface area (TPSA) is 75.7 Å². The van der Waals surface area contributed by atoms with Gasteiger partial charge in [0.25, 0.3) is 10.0 Å². The molecule has 0 atom stereocenters. The Bertz CT molecular complexity index is 876. The Morgan fingerprint density at radius 2 is 2.04 bits per heavy atom. The molecule has 1 aromatic carbocycles. The first-order valence-corrected chi connectivity index (χ1v) is 10.8. The molecule has 9 heteroatoms. The number of methoxy groups -OCH3 is 1. The van der Waals surface area contributed by atoms with E-state index in [1.165, 1.54) is 22.8 Å². The van der Waals surface area contributed by atoms with Crippen molar-refractivity contribution in [2.24, 2.45) is 5.92 Å². The molecule has 6 nitrogen and oxygen atoms in total. The van der Waals surface area contributed by atoms with E-state index < -0.39 is 10.0 Å². The SMILES string of the molecule is COc1ccc(NC(=O)C2CCN(S(=O)(=O)c3cccs3)CC2)cc1Cl. The quantitative estimate of drug-likeness (QED) is 0.813. The van der Waals surface area contributed by atoms with E-state index in [0.29, 0.717) is 46.6 Å². The fourth-order valence-corrected chi connectivity index (χ4v) is 5.76. The van der Waals surface area contributed by atoms with Gasteiger partial charge in [-0.1, -0.05) is 17.7 Å². The number of nitrogens with zero attached hydrogens (tertiary/aromatic N) is 1. The number of benzene rings is 1. The normalized spacial score (nSPS) is 16.4. The molecule has 1 amide bonds. The Hall–Kier alpha value is -1.61. The van der Waals surface area contributed by atoms with Crippen molar-refractivity contribution < 1.29 is 17.9 Å². The number of sulfonamides is 1. The number of thiophene rings is 1. The van der Waals surface area contributed by atoms with Crippen LogP contribution >= 0.6 is 22.9 Å². The molecule has 1 aliphatic rings. The molecule has 1 saturated heterocycles. The lowest BCUT2D eigenvalue weighted by Crippen LogP contribution is -2.41. The molecule has 0 spiro atoms. The maximum absolute atomic E-state index is 12.5. The van der Waals surface area contributed by atoms with Crippen LogP contribution in [0.1, 0.15) is 12.8 Å². The molecule has 0 radical (unpaired) electrons. The predicted octanol–water partition coefficient (Wildman–Crippen LogP) is 3.45. The second-order valence-electron chi connectivity index (χ2n) is 5.95. The van der Waals surface area contributed by atoms with Crippen molar-refractivity contribution in [3.8, 4) is 5.75 Å². The Labute approximate surface area is 161 Å². The zero-order chi connectivity index (χ0) is 18.7. The summed E-state index contributed by atoms with van der Waals surface area (Å²) in [6.07, 6.45) is 0.973. The molecular formula is C17H19ClN2O4S2. The average molecular weight is 415 g/mol. The van der Waals surface area contributed by atoms with Crippen LogP contribution in [0.4, 0.5) is 5.69 Å². The van der Waals surface area contributed by atoms with Gasteiger partial charge >= 0.3 is 0 Å². The van der Waals surface area contributed by atoms with E-state index in [9.17, 15) is 13.2 Å². The lowest BCUT2D eigenvalue weighted by Gasteiger charge is -2.30. The van der Waals surface area contributed by atoms with Gasteiger partial charge in [0.1, 0.15) is 9.96 Å². The number of halogens is 1. The molecule has 0 aliphatic carbocycles. The number of amides is 1. The van der Waals surface area contributed by atoms with Crippen molar-refractivity contribution >= 4 is 44.6 Å². The van der Waals surface area contributed by atoms with Crippen LogP contribution in [-0.2, 0) is 14.8 Å². The number of anilines is 1. The molecular weight excluding hydrogens is 396 g/mol. The van der Waals surface area contributed by atoms with Gasteiger partial charge in [0.15, 0.2) is 0 Å². The van der Waals surface area contributed by atoms with E-state index in [-0.39, 0.29) is 11.8 Å². The Balaban J connectivity index is 1.59. The summed E-state index contributed by atoms with van der Waals surface area (Å²) in [4.78, 5) is 12.5. The summed E-state index contributed by atoms with van der Waals surface area (Å²) >= 11 is 7.27. The van der Waals surface area contributed by atoms with E-state index in [2.05, 4.69) is 5.32 Å². The van der Waals surface area contributed by atoms with Crippen molar-refractivity contribution in [3.63, 3.8) is 0 Å². The number of rotatable bonds is 5. The fourth-order valence-electron chi connectivity index (χ4n) is 2.88. The number of carbonyl (C=O) groups is 1. The lowest BCUT2D eigenvalue weighted by molar-refractivity contribution is -0.120. The standard InChI is InChI=1S/C17H19ClN2O4S2/c1-24-15-5-4-13(11-14(15)18)19-17(21)12-6-8-20(9-7-12)26(22,23)16-3-2-10-25-16/h2-5,10-12H,6-9H2,1H3,(H,19,21). The fraction of sp³-hybridized carbons (Fsp3) is 0.353. The highest BCUT2D eigenvalue weighted by atomic mass is 35.5. The third kappa shape index (κ3) is 4.03. The van der Waals surface area contributed by atoms with Gasteiger partial charge in [-0.15, -0.1) is 11.3 Å². The smallest absolute Gasteiger partial charge is 0.252 e. The van der Waals surface area contributed by atoms with E-state index in [1.807, 2.05) is 0 Å². The van der Waals surface area contributed by atoms with Crippen LogP contribution in [0, 0.1) is 5.92 Å². The molecule has 3 rings (SSSR count). The summed E-state index contributed by atoms with van der Waals surface area (Å²) in [6.45, 7) is 0.670. The van der Waals surface area contributed by atoms with Crippen molar-refractivity contribution in [2.45, 2.75) is 17.1 Å². The number of nitrogens with one attached hydrogen (secondary N) is 1. The Morgan fingerprint density at radius 3 is 2.62 bits per heavy atom. The second kappa shape index (κ2) is 7.96. The highest BCUT2D eigenvalue weighted by Gasteiger charge is 2.32. The second-order valence-corrected chi connectivity index (χ2v) is 9.47. The van der Waals surface area contributed by atoms with Crippen LogP contribution in [0.25, 0.3) is 0 Å². The molecule has 1 fully saturated rings. The monoisotopic (exact) mass is 414 g/mol. The Morgan fingerprint density at radius 1 is 1.31 bits per heavy atom. The minimum absolute atomic E-state index is 0.126. The molecule has 0 unspecified atom stereocenters. The predicted molar refractivity (Wildman–Crippen MR) is 102 cm³/mol. The van der Waals surface area contributed by atoms with Crippen LogP contribution in [0.3, 0.4) is 0 Å². The summed E-state index contributed by atoms with van der Waals surface area (Å²) in [5.41, 5.74) is 0.592. The minimum Gasteiger partial charge on any atom is -0.495 e. The summed E-state index contributed by atoms with van der Waals surface area (Å²) in [6, 6.07) is 8.37. The summed E-state index contributed by atoms with van der Waals surface area (Å²) in [5, 5.41) is 5.00. The Kier molecular flexibility index (Phi) is 5.86. The molecule has 1 N–H and O–H groups in total. The lowest BCUT2D eigenvalue weighted by atomic mass is 9.97. The van der Waals surface area contributed by atoms with Gasteiger partial charge in [-0.05, 0) is 42.5 Å². The summed E-state index contributed by atoms with van der Waals surface area (Å²) in [7, 11) is -1.93. The van der Waals surface area contributed by atoms with Gasteiger partial charge in [-0.3, -0.25) is 4.79 Å². The number of hydrogen-bond acceptors (Lipinski definition) is 5.